The number of fused-ring (bicyclic) bond motifs is 1. The zero-order chi connectivity index (χ0) is 11.1. The molecule has 82 valence electrons. The molecule has 0 saturated heterocycles. The first-order chi connectivity index (χ1) is 7.02. The van der Waals surface area contributed by atoms with Gasteiger partial charge in [-0.2, -0.15) is 0 Å². The second-order valence-electron chi connectivity index (χ2n) is 5.23. The summed E-state index contributed by atoms with van der Waals surface area (Å²) in [7, 11) is 0. The maximum absolute atomic E-state index is 10.7. The van der Waals surface area contributed by atoms with Gasteiger partial charge in [-0.1, -0.05) is 20.8 Å². The molecule has 4 nitrogen and oxygen atoms in total. The topological polar surface area (TPSA) is 47.8 Å². The van der Waals surface area contributed by atoms with Gasteiger partial charge in [-0.3, -0.25) is 0 Å². The molecule has 0 bridgehead atoms. The smallest absolute Gasteiger partial charge is 0.138 e. The molecule has 0 amide bonds. The first-order valence-electron chi connectivity index (χ1n) is 5.40. The molecular formula is C11H17N3O. The summed E-state index contributed by atoms with van der Waals surface area (Å²) < 4.78 is 2.17. The van der Waals surface area contributed by atoms with Gasteiger partial charge in [-0.25, -0.2) is 0 Å². The van der Waals surface area contributed by atoms with Crippen molar-refractivity contribution in [2.24, 2.45) is 5.92 Å². The van der Waals surface area contributed by atoms with E-state index in [1.807, 2.05) is 0 Å². The van der Waals surface area contributed by atoms with Crippen molar-refractivity contribution in [3.8, 4) is 0 Å². The van der Waals surface area contributed by atoms with E-state index in [2.05, 4.69) is 35.5 Å². The van der Waals surface area contributed by atoms with Crippen LogP contribution in [0.5, 0.6) is 0 Å². The number of carbonyl (C=O) groups excluding carboxylic acids is 1. The van der Waals surface area contributed by atoms with Gasteiger partial charge in [0.25, 0.3) is 0 Å². The molecule has 1 aromatic rings. The Morgan fingerprint density at radius 1 is 1.40 bits per heavy atom. The van der Waals surface area contributed by atoms with Gasteiger partial charge in [0, 0.05) is 24.3 Å². The summed E-state index contributed by atoms with van der Waals surface area (Å²) in [5.41, 5.74) is 0.0270. The molecule has 1 aliphatic heterocycles. The Labute approximate surface area is 89.7 Å². The number of aromatic nitrogens is 3. The molecular weight excluding hydrogens is 190 g/mol. The molecule has 0 saturated carbocycles. The van der Waals surface area contributed by atoms with Gasteiger partial charge in [0.2, 0.25) is 0 Å². The Bertz CT molecular complexity index is 376. The number of carbonyl (C=O) groups is 1. The molecule has 1 aromatic heterocycles. The van der Waals surface area contributed by atoms with Gasteiger partial charge in [0.05, 0.1) is 0 Å². The first kappa shape index (κ1) is 10.3. The molecule has 15 heavy (non-hydrogen) atoms. The second kappa shape index (κ2) is 3.43. The van der Waals surface area contributed by atoms with E-state index in [-0.39, 0.29) is 11.3 Å². The van der Waals surface area contributed by atoms with Crippen molar-refractivity contribution in [1.82, 2.24) is 14.8 Å². The molecule has 0 aliphatic carbocycles. The molecule has 0 fully saturated rings. The zero-order valence-corrected chi connectivity index (χ0v) is 9.53. The van der Waals surface area contributed by atoms with E-state index < -0.39 is 0 Å². The Kier molecular flexibility index (Phi) is 2.37. The third kappa shape index (κ3) is 1.80. The van der Waals surface area contributed by atoms with Crippen LogP contribution in [0.2, 0.25) is 0 Å². The fraction of sp³-hybridized carbons (Fsp3) is 0.727. The number of aldehydes is 1. The summed E-state index contributed by atoms with van der Waals surface area (Å²) in [6.07, 6.45) is 2.69. The average Bonchev–Trinajstić information content (AvgIpc) is 2.59. The molecule has 0 spiro atoms. The fourth-order valence-electron chi connectivity index (χ4n) is 2.02. The lowest BCUT2D eigenvalue weighted by molar-refractivity contribution is -0.111. The quantitative estimate of drug-likeness (QED) is 0.653. The highest BCUT2D eigenvalue weighted by Crippen LogP contribution is 2.25. The van der Waals surface area contributed by atoms with E-state index in [4.69, 9.17) is 0 Å². The van der Waals surface area contributed by atoms with Crippen LogP contribution < -0.4 is 0 Å². The Morgan fingerprint density at radius 2 is 2.13 bits per heavy atom. The highest BCUT2D eigenvalue weighted by Gasteiger charge is 2.27. The van der Waals surface area contributed by atoms with Crippen LogP contribution in [0.1, 0.15) is 38.8 Å². The molecule has 2 heterocycles. The summed E-state index contributed by atoms with van der Waals surface area (Å²) in [5.74, 6) is 2.12. The SMILES string of the molecule is CC(C)(C)c1nnc2n1CCC(C=O)C2. The van der Waals surface area contributed by atoms with Crippen molar-refractivity contribution in [1.29, 1.82) is 0 Å². The lowest BCUT2D eigenvalue weighted by Crippen LogP contribution is -2.25. The lowest BCUT2D eigenvalue weighted by atomic mass is 9.94. The highest BCUT2D eigenvalue weighted by atomic mass is 16.1. The average molecular weight is 207 g/mol. The van der Waals surface area contributed by atoms with Crippen molar-refractivity contribution < 1.29 is 4.79 Å². The van der Waals surface area contributed by atoms with Crippen LogP contribution in [-0.2, 0) is 23.2 Å². The number of rotatable bonds is 1. The van der Waals surface area contributed by atoms with Gasteiger partial charge >= 0.3 is 0 Å². The third-order valence-electron chi connectivity index (χ3n) is 2.86. The third-order valence-corrected chi connectivity index (χ3v) is 2.86. The predicted molar refractivity (Wildman–Crippen MR) is 56.6 cm³/mol. The molecule has 1 unspecified atom stereocenters. The Balaban J connectivity index is 2.34. The van der Waals surface area contributed by atoms with Gasteiger partial charge in [0.15, 0.2) is 0 Å². The maximum atomic E-state index is 10.7. The van der Waals surface area contributed by atoms with Crippen LogP contribution in [-0.4, -0.2) is 21.1 Å². The summed E-state index contributed by atoms with van der Waals surface area (Å²) in [6.45, 7) is 7.28. The molecule has 2 rings (SSSR count). The van der Waals surface area contributed by atoms with Crippen molar-refractivity contribution >= 4 is 6.29 Å². The van der Waals surface area contributed by atoms with E-state index in [1.54, 1.807) is 0 Å². The molecule has 0 N–H and O–H groups in total. The van der Waals surface area contributed by atoms with Crippen LogP contribution in [0.3, 0.4) is 0 Å². The second-order valence-corrected chi connectivity index (χ2v) is 5.23. The van der Waals surface area contributed by atoms with E-state index in [9.17, 15) is 4.79 Å². The summed E-state index contributed by atoms with van der Waals surface area (Å²) in [4.78, 5) is 10.7. The van der Waals surface area contributed by atoms with Crippen LogP contribution in [0.25, 0.3) is 0 Å². The van der Waals surface area contributed by atoms with Gasteiger partial charge in [-0.15, -0.1) is 10.2 Å². The van der Waals surface area contributed by atoms with Gasteiger partial charge < -0.3 is 9.36 Å². The number of hydrogen-bond acceptors (Lipinski definition) is 3. The number of hydrogen-bond donors (Lipinski definition) is 0. The minimum absolute atomic E-state index is 0.0270. The minimum atomic E-state index is 0.0270. The molecule has 4 heteroatoms. The van der Waals surface area contributed by atoms with Crippen molar-refractivity contribution in [3.63, 3.8) is 0 Å². The van der Waals surface area contributed by atoms with Crippen LogP contribution in [0.4, 0.5) is 0 Å². The predicted octanol–water partition coefficient (Wildman–Crippen LogP) is 1.34. The standard InChI is InChI=1S/C11H17N3O/c1-11(2,3)10-13-12-9-6-8(7-15)4-5-14(9)10/h7-8H,4-6H2,1-3H3. The van der Waals surface area contributed by atoms with Gasteiger partial charge in [-0.05, 0) is 6.42 Å². The largest absolute Gasteiger partial charge is 0.315 e. The summed E-state index contributed by atoms with van der Waals surface area (Å²) in [5, 5.41) is 8.41. The number of nitrogens with zero attached hydrogens (tertiary/aromatic N) is 3. The van der Waals surface area contributed by atoms with Crippen molar-refractivity contribution in [2.45, 2.75) is 45.6 Å². The fourth-order valence-corrected chi connectivity index (χ4v) is 2.02. The van der Waals surface area contributed by atoms with Crippen LogP contribution in [0.15, 0.2) is 0 Å². The first-order valence-corrected chi connectivity index (χ1v) is 5.40. The van der Waals surface area contributed by atoms with E-state index in [0.717, 1.165) is 37.3 Å². The van der Waals surface area contributed by atoms with Crippen LogP contribution in [0, 0.1) is 5.92 Å². The Hall–Kier alpha value is -1.19. The van der Waals surface area contributed by atoms with Crippen molar-refractivity contribution in [3.05, 3.63) is 11.6 Å². The van der Waals surface area contributed by atoms with E-state index in [0.29, 0.717) is 0 Å². The normalized spacial score (nSPS) is 21.1. The molecule has 0 radical (unpaired) electrons. The van der Waals surface area contributed by atoms with Crippen molar-refractivity contribution in [2.75, 3.05) is 0 Å². The maximum Gasteiger partial charge on any atom is 0.138 e. The van der Waals surface area contributed by atoms with Gasteiger partial charge in [0.1, 0.15) is 17.9 Å². The lowest BCUT2D eigenvalue weighted by Gasteiger charge is -2.24. The highest BCUT2D eigenvalue weighted by molar-refractivity contribution is 5.54. The van der Waals surface area contributed by atoms with E-state index >= 15 is 0 Å². The zero-order valence-electron chi connectivity index (χ0n) is 9.53. The van der Waals surface area contributed by atoms with E-state index in [1.165, 1.54) is 0 Å². The molecule has 1 aliphatic rings. The summed E-state index contributed by atoms with van der Waals surface area (Å²) in [6, 6.07) is 0. The minimum Gasteiger partial charge on any atom is -0.315 e. The molecule has 1 atom stereocenters. The monoisotopic (exact) mass is 207 g/mol. The molecule has 0 aromatic carbocycles. The Morgan fingerprint density at radius 3 is 2.73 bits per heavy atom. The summed E-state index contributed by atoms with van der Waals surface area (Å²) >= 11 is 0. The van der Waals surface area contributed by atoms with Crippen LogP contribution >= 0.6 is 0 Å².